The van der Waals surface area contributed by atoms with Crippen LogP contribution in [0.2, 0.25) is 0 Å². The molecule has 1 N–H and O–H groups in total. The van der Waals surface area contributed by atoms with Gasteiger partial charge >= 0.3 is 0 Å². The first-order valence-corrected chi connectivity index (χ1v) is 6.76. The third-order valence-corrected chi connectivity index (χ3v) is 3.75. The molecule has 1 aliphatic rings. The van der Waals surface area contributed by atoms with E-state index >= 15 is 0 Å². The van der Waals surface area contributed by atoms with Crippen molar-refractivity contribution in [1.82, 2.24) is 14.8 Å². The van der Waals surface area contributed by atoms with Gasteiger partial charge in [-0.25, -0.2) is 4.98 Å². The lowest BCUT2D eigenvalue weighted by Crippen LogP contribution is -2.52. The fourth-order valence-electron chi connectivity index (χ4n) is 2.38. The second-order valence-corrected chi connectivity index (χ2v) is 5.47. The summed E-state index contributed by atoms with van der Waals surface area (Å²) in [6.07, 6.45) is 1.95. The molecule has 2 rings (SSSR count). The Labute approximate surface area is 115 Å². The van der Waals surface area contributed by atoms with Gasteiger partial charge in [0.25, 0.3) is 0 Å². The highest BCUT2D eigenvalue weighted by Gasteiger charge is 2.23. The zero-order chi connectivity index (χ0) is 13.8. The van der Waals surface area contributed by atoms with E-state index in [1.807, 2.05) is 25.2 Å². The number of nitrogens with zero attached hydrogens (tertiary/aromatic N) is 4. The quantitative estimate of drug-likeness (QED) is 0.845. The van der Waals surface area contributed by atoms with E-state index < -0.39 is 0 Å². The molecule has 0 saturated carbocycles. The van der Waals surface area contributed by atoms with Gasteiger partial charge in [-0.2, -0.15) is 0 Å². The molecule has 106 valence electrons. The van der Waals surface area contributed by atoms with Crippen molar-refractivity contribution in [1.29, 1.82) is 0 Å². The summed E-state index contributed by atoms with van der Waals surface area (Å²) >= 11 is 0. The Kier molecular flexibility index (Phi) is 4.74. The van der Waals surface area contributed by atoms with E-state index in [2.05, 4.69) is 34.0 Å². The molecule has 1 atom stereocenters. The Hall–Kier alpha value is -1.17. The van der Waals surface area contributed by atoms with Crippen LogP contribution in [0.1, 0.15) is 5.56 Å². The van der Waals surface area contributed by atoms with E-state index in [-0.39, 0.29) is 12.6 Å². The van der Waals surface area contributed by atoms with E-state index in [9.17, 15) is 5.11 Å². The number of hydrogen-bond acceptors (Lipinski definition) is 5. The molecular weight excluding hydrogens is 240 g/mol. The van der Waals surface area contributed by atoms with Gasteiger partial charge in [-0.1, -0.05) is 6.07 Å². The standard InChI is InChI=1S/C14H24N4O/c1-16(2)14-5-4-12(8-15-14)9-18-7-6-17(3)13(10-18)11-19/h4-5,8,13,19H,6-7,9-11H2,1-3H3/t13-/m0/s1. The number of hydrogen-bond donors (Lipinski definition) is 1. The van der Waals surface area contributed by atoms with Gasteiger partial charge in [0.1, 0.15) is 5.82 Å². The van der Waals surface area contributed by atoms with Crippen LogP contribution in [0.25, 0.3) is 0 Å². The van der Waals surface area contributed by atoms with Gasteiger partial charge in [0.15, 0.2) is 0 Å². The monoisotopic (exact) mass is 264 g/mol. The highest BCUT2D eigenvalue weighted by atomic mass is 16.3. The predicted octanol–water partition coefficient (Wildman–Crippen LogP) is 0.256. The summed E-state index contributed by atoms with van der Waals surface area (Å²) in [5.74, 6) is 0.982. The summed E-state index contributed by atoms with van der Waals surface area (Å²) in [4.78, 5) is 11.0. The Morgan fingerprint density at radius 2 is 2.16 bits per heavy atom. The Bertz CT molecular complexity index is 393. The van der Waals surface area contributed by atoms with E-state index in [0.717, 1.165) is 32.0 Å². The molecule has 1 saturated heterocycles. The number of piperazine rings is 1. The minimum atomic E-state index is 0.227. The van der Waals surface area contributed by atoms with E-state index in [4.69, 9.17) is 0 Å². The van der Waals surface area contributed by atoms with Crippen LogP contribution in [0.5, 0.6) is 0 Å². The first kappa shape index (κ1) is 14.2. The number of anilines is 1. The first-order chi connectivity index (χ1) is 9.10. The molecule has 1 fully saturated rings. The van der Waals surface area contributed by atoms with Crippen LogP contribution in [-0.2, 0) is 6.54 Å². The van der Waals surface area contributed by atoms with Crippen molar-refractivity contribution < 1.29 is 5.11 Å². The molecule has 1 aromatic heterocycles. The molecule has 0 aliphatic carbocycles. The van der Waals surface area contributed by atoms with Crippen molar-refractivity contribution >= 4 is 5.82 Å². The summed E-state index contributed by atoms with van der Waals surface area (Å²) in [5, 5.41) is 9.36. The summed E-state index contributed by atoms with van der Waals surface area (Å²) < 4.78 is 0. The molecule has 0 radical (unpaired) electrons. The minimum absolute atomic E-state index is 0.227. The van der Waals surface area contributed by atoms with Gasteiger partial charge in [0.2, 0.25) is 0 Å². The Balaban J connectivity index is 1.94. The number of aromatic nitrogens is 1. The lowest BCUT2D eigenvalue weighted by Gasteiger charge is -2.38. The number of aliphatic hydroxyl groups is 1. The second-order valence-electron chi connectivity index (χ2n) is 5.47. The summed E-state index contributed by atoms with van der Waals surface area (Å²) in [6, 6.07) is 4.44. The highest BCUT2D eigenvalue weighted by Crippen LogP contribution is 2.13. The van der Waals surface area contributed by atoms with Crippen LogP contribution in [-0.4, -0.2) is 73.3 Å². The van der Waals surface area contributed by atoms with Crippen molar-refractivity contribution in [3.63, 3.8) is 0 Å². The van der Waals surface area contributed by atoms with Crippen molar-refractivity contribution in [2.24, 2.45) is 0 Å². The molecular formula is C14H24N4O. The Morgan fingerprint density at radius 3 is 2.74 bits per heavy atom. The maximum Gasteiger partial charge on any atom is 0.127 e. The fourth-order valence-corrected chi connectivity index (χ4v) is 2.38. The average molecular weight is 264 g/mol. The zero-order valence-corrected chi connectivity index (χ0v) is 12.1. The van der Waals surface area contributed by atoms with E-state index in [1.165, 1.54) is 5.56 Å². The minimum Gasteiger partial charge on any atom is -0.395 e. The number of aliphatic hydroxyl groups excluding tert-OH is 1. The lowest BCUT2D eigenvalue weighted by atomic mass is 10.1. The molecule has 1 aliphatic heterocycles. The van der Waals surface area contributed by atoms with Gasteiger partial charge in [-0.05, 0) is 18.7 Å². The normalized spacial score (nSPS) is 21.6. The second kappa shape index (κ2) is 6.32. The highest BCUT2D eigenvalue weighted by molar-refractivity contribution is 5.37. The predicted molar refractivity (Wildman–Crippen MR) is 77.3 cm³/mol. The van der Waals surface area contributed by atoms with E-state index in [0.29, 0.717) is 0 Å². The molecule has 5 heteroatoms. The van der Waals surface area contributed by atoms with Crippen LogP contribution in [0, 0.1) is 0 Å². The molecule has 0 spiro atoms. The smallest absolute Gasteiger partial charge is 0.127 e. The van der Waals surface area contributed by atoms with Crippen molar-refractivity contribution in [3.8, 4) is 0 Å². The molecule has 5 nitrogen and oxygen atoms in total. The largest absolute Gasteiger partial charge is 0.395 e. The lowest BCUT2D eigenvalue weighted by molar-refractivity contribution is 0.0539. The number of rotatable bonds is 4. The third-order valence-electron chi connectivity index (χ3n) is 3.75. The zero-order valence-electron chi connectivity index (χ0n) is 12.1. The molecule has 0 amide bonds. The van der Waals surface area contributed by atoms with Crippen LogP contribution in [0.15, 0.2) is 18.3 Å². The molecule has 1 aromatic rings. The number of likely N-dealkylation sites (N-methyl/N-ethyl adjacent to an activating group) is 1. The molecule has 19 heavy (non-hydrogen) atoms. The molecule has 0 bridgehead atoms. The van der Waals surface area contributed by atoms with Crippen molar-refractivity contribution in [2.75, 3.05) is 52.3 Å². The van der Waals surface area contributed by atoms with Gasteiger partial charge in [-0.3, -0.25) is 9.80 Å². The third kappa shape index (κ3) is 3.65. The van der Waals surface area contributed by atoms with Gasteiger partial charge in [-0.15, -0.1) is 0 Å². The van der Waals surface area contributed by atoms with E-state index in [1.54, 1.807) is 0 Å². The average Bonchev–Trinajstić information content (AvgIpc) is 2.41. The van der Waals surface area contributed by atoms with Crippen molar-refractivity contribution in [2.45, 2.75) is 12.6 Å². The van der Waals surface area contributed by atoms with Gasteiger partial charge in [0, 0.05) is 52.5 Å². The van der Waals surface area contributed by atoms with Crippen molar-refractivity contribution in [3.05, 3.63) is 23.9 Å². The topological polar surface area (TPSA) is 42.8 Å². The maximum atomic E-state index is 9.36. The molecule has 2 heterocycles. The van der Waals surface area contributed by atoms with Crippen LogP contribution >= 0.6 is 0 Å². The molecule has 0 unspecified atom stereocenters. The first-order valence-electron chi connectivity index (χ1n) is 6.76. The number of pyridine rings is 1. The van der Waals surface area contributed by atoms with Crippen LogP contribution < -0.4 is 4.90 Å². The SMILES string of the molecule is CN(C)c1ccc(CN2CCN(C)[C@H](CO)C2)cn1. The summed E-state index contributed by atoms with van der Waals surface area (Å²) in [5.41, 5.74) is 1.23. The summed E-state index contributed by atoms with van der Waals surface area (Å²) in [7, 11) is 6.06. The van der Waals surface area contributed by atoms with Gasteiger partial charge < -0.3 is 10.0 Å². The van der Waals surface area contributed by atoms with Crippen LogP contribution in [0.3, 0.4) is 0 Å². The summed E-state index contributed by atoms with van der Waals surface area (Å²) in [6.45, 7) is 4.11. The Morgan fingerprint density at radius 1 is 1.37 bits per heavy atom. The van der Waals surface area contributed by atoms with Crippen LogP contribution in [0.4, 0.5) is 5.82 Å². The fraction of sp³-hybridized carbons (Fsp3) is 0.643. The maximum absolute atomic E-state index is 9.36. The van der Waals surface area contributed by atoms with Gasteiger partial charge in [0.05, 0.1) is 6.61 Å². The molecule has 0 aromatic carbocycles.